The van der Waals surface area contributed by atoms with E-state index in [1.807, 2.05) is 24.3 Å². The van der Waals surface area contributed by atoms with Crippen LogP contribution in [0.1, 0.15) is 22.3 Å². The van der Waals surface area contributed by atoms with Crippen LogP contribution in [0.3, 0.4) is 0 Å². The summed E-state index contributed by atoms with van der Waals surface area (Å²) in [6.45, 7) is 0.0912. The molecule has 0 aliphatic carbocycles. The lowest BCUT2D eigenvalue weighted by atomic mass is 10.2. The molecule has 10 heteroatoms. The zero-order chi connectivity index (χ0) is 22.4. The predicted octanol–water partition coefficient (Wildman–Crippen LogP) is 3.40. The van der Waals surface area contributed by atoms with Crippen LogP contribution in [0, 0.1) is 0 Å². The maximum atomic E-state index is 12.7. The Morgan fingerprint density at radius 3 is 2.71 bits per heavy atom. The van der Waals surface area contributed by atoms with Gasteiger partial charge in [-0.05, 0) is 35.9 Å². The fourth-order valence-corrected chi connectivity index (χ4v) is 4.22. The SMILES string of the molecule is COc1cccc(/C=C2\SC(=S)N(CCC(=O)NNC(=O)c3ccccc3Cl)C2=O)c1. The summed E-state index contributed by atoms with van der Waals surface area (Å²) in [4.78, 5) is 38.7. The van der Waals surface area contributed by atoms with Gasteiger partial charge in [-0.15, -0.1) is 0 Å². The Balaban J connectivity index is 1.54. The molecule has 7 nitrogen and oxygen atoms in total. The summed E-state index contributed by atoms with van der Waals surface area (Å²) in [5.41, 5.74) is 5.66. The summed E-state index contributed by atoms with van der Waals surface area (Å²) in [6.07, 6.45) is 1.69. The van der Waals surface area contributed by atoms with Crippen LogP contribution in [0.15, 0.2) is 53.4 Å². The Morgan fingerprint density at radius 2 is 1.97 bits per heavy atom. The van der Waals surface area contributed by atoms with Crippen LogP contribution in [0.5, 0.6) is 5.75 Å². The van der Waals surface area contributed by atoms with E-state index in [4.69, 9.17) is 28.6 Å². The smallest absolute Gasteiger partial charge is 0.271 e. The highest BCUT2D eigenvalue weighted by Crippen LogP contribution is 2.33. The van der Waals surface area contributed by atoms with Crippen molar-refractivity contribution in [1.82, 2.24) is 15.8 Å². The number of thioether (sulfide) groups is 1. The van der Waals surface area contributed by atoms with Crippen molar-refractivity contribution in [3.63, 3.8) is 0 Å². The number of hydrazine groups is 1. The highest BCUT2D eigenvalue weighted by Gasteiger charge is 2.32. The maximum absolute atomic E-state index is 12.7. The highest BCUT2D eigenvalue weighted by atomic mass is 35.5. The van der Waals surface area contributed by atoms with Gasteiger partial charge in [0.25, 0.3) is 11.8 Å². The Labute approximate surface area is 193 Å². The molecule has 0 saturated carbocycles. The first-order chi connectivity index (χ1) is 14.9. The van der Waals surface area contributed by atoms with Crippen molar-refractivity contribution >= 4 is 63.7 Å². The first kappa shape index (κ1) is 22.8. The number of thiocarbonyl (C=S) groups is 1. The molecule has 1 heterocycles. The molecule has 3 amide bonds. The minimum Gasteiger partial charge on any atom is -0.497 e. The third-order valence-corrected chi connectivity index (χ3v) is 5.97. The van der Waals surface area contributed by atoms with Gasteiger partial charge in [-0.1, -0.05) is 59.8 Å². The number of benzene rings is 2. The summed E-state index contributed by atoms with van der Waals surface area (Å²) in [5, 5.41) is 0.273. The van der Waals surface area contributed by atoms with Gasteiger partial charge >= 0.3 is 0 Å². The van der Waals surface area contributed by atoms with E-state index < -0.39 is 11.8 Å². The third kappa shape index (κ3) is 5.84. The standard InChI is InChI=1S/C21H18ClN3O4S2/c1-29-14-6-4-5-13(11-14)12-17-20(28)25(21(30)31-17)10-9-18(26)23-24-19(27)15-7-2-3-8-16(15)22/h2-8,11-12H,9-10H2,1H3,(H,23,26)(H,24,27)/b17-12-. The fraction of sp³-hybridized carbons (Fsp3) is 0.143. The Hall–Kier alpha value is -2.88. The summed E-state index contributed by atoms with van der Waals surface area (Å²) in [5.74, 6) is -0.595. The number of hydrogen-bond donors (Lipinski definition) is 2. The molecule has 2 N–H and O–H groups in total. The summed E-state index contributed by atoms with van der Waals surface area (Å²) < 4.78 is 5.56. The number of rotatable bonds is 6. The van der Waals surface area contributed by atoms with Gasteiger partial charge in [-0.2, -0.15) is 0 Å². The van der Waals surface area contributed by atoms with Crippen LogP contribution in [-0.2, 0) is 9.59 Å². The van der Waals surface area contributed by atoms with Crippen LogP contribution in [0.25, 0.3) is 6.08 Å². The molecule has 2 aromatic rings. The second-order valence-corrected chi connectivity index (χ2v) is 8.43. The number of nitrogens with zero attached hydrogens (tertiary/aromatic N) is 1. The Morgan fingerprint density at radius 1 is 1.19 bits per heavy atom. The van der Waals surface area contributed by atoms with Gasteiger partial charge in [0.05, 0.1) is 22.6 Å². The Bertz CT molecular complexity index is 1070. The van der Waals surface area contributed by atoms with Crippen LogP contribution >= 0.6 is 35.6 Å². The molecule has 1 saturated heterocycles. The largest absolute Gasteiger partial charge is 0.497 e. The first-order valence-corrected chi connectivity index (χ1v) is 10.7. The molecule has 0 spiro atoms. The van der Waals surface area contributed by atoms with Crippen LogP contribution < -0.4 is 15.6 Å². The minimum absolute atomic E-state index is 0.0400. The average Bonchev–Trinajstić information content (AvgIpc) is 3.03. The normalized spacial score (nSPS) is 14.6. The van der Waals surface area contributed by atoms with Crippen molar-refractivity contribution in [1.29, 1.82) is 0 Å². The first-order valence-electron chi connectivity index (χ1n) is 9.12. The molecule has 31 heavy (non-hydrogen) atoms. The summed E-state index contributed by atoms with van der Waals surface area (Å²) >= 11 is 12.4. The van der Waals surface area contributed by atoms with Crippen LogP contribution in [0.4, 0.5) is 0 Å². The van der Waals surface area contributed by atoms with Gasteiger partial charge in [0.2, 0.25) is 5.91 Å². The highest BCUT2D eigenvalue weighted by molar-refractivity contribution is 8.26. The van der Waals surface area contributed by atoms with Crippen LogP contribution in [0.2, 0.25) is 5.02 Å². The molecule has 3 rings (SSSR count). The summed E-state index contributed by atoms with van der Waals surface area (Å²) in [7, 11) is 1.57. The lowest BCUT2D eigenvalue weighted by Gasteiger charge is -2.14. The molecule has 1 fully saturated rings. The number of ether oxygens (including phenoxy) is 1. The number of amides is 3. The maximum Gasteiger partial charge on any atom is 0.271 e. The topological polar surface area (TPSA) is 87.7 Å². The average molecular weight is 476 g/mol. The molecule has 160 valence electrons. The van der Waals surface area contributed by atoms with Crippen LogP contribution in [-0.4, -0.2) is 40.6 Å². The van der Waals surface area contributed by atoms with E-state index in [1.54, 1.807) is 37.5 Å². The van der Waals surface area contributed by atoms with E-state index in [0.29, 0.717) is 15.0 Å². The van der Waals surface area contributed by atoms with Crippen molar-refractivity contribution < 1.29 is 19.1 Å². The van der Waals surface area contributed by atoms with E-state index in [1.165, 1.54) is 16.7 Å². The zero-order valence-electron chi connectivity index (χ0n) is 16.4. The second kappa shape index (κ2) is 10.4. The van der Waals surface area contributed by atoms with E-state index >= 15 is 0 Å². The second-order valence-electron chi connectivity index (χ2n) is 6.34. The van der Waals surface area contributed by atoms with E-state index in [0.717, 1.165) is 5.56 Å². The molecule has 0 unspecified atom stereocenters. The molecular weight excluding hydrogens is 458 g/mol. The van der Waals surface area contributed by atoms with Gasteiger partial charge in [-0.3, -0.25) is 30.1 Å². The minimum atomic E-state index is -0.536. The molecular formula is C21H18ClN3O4S2. The van der Waals surface area contributed by atoms with Crippen molar-refractivity contribution in [2.45, 2.75) is 6.42 Å². The van der Waals surface area contributed by atoms with Crippen molar-refractivity contribution in [2.75, 3.05) is 13.7 Å². The quantitative estimate of drug-likeness (QED) is 0.378. The number of hydrogen-bond acceptors (Lipinski definition) is 6. The lowest BCUT2D eigenvalue weighted by Crippen LogP contribution is -2.43. The van der Waals surface area contributed by atoms with E-state index in [2.05, 4.69) is 10.9 Å². The zero-order valence-corrected chi connectivity index (χ0v) is 18.8. The lowest BCUT2D eigenvalue weighted by molar-refractivity contribution is -0.124. The number of methoxy groups -OCH3 is 1. The predicted molar refractivity (Wildman–Crippen MR) is 125 cm³/mol. The molecule has 2 aromatic carbocycles. The van der Waals surface area contributed by atoms with E-state index in [9.17, 15) is 14.4 Å². The molecule has 1 aliphatic heterocycles. The van der Waals surface area contributed by atoms with Gasteiger partial charge < -0.3 is 4.74 Å². The summed E-state index contributed by atoms with van der Waals surface area (Å²) in [6, 6.07) is 13.8. The number of carbonyl (C=O) groups is 3. The third-order valence-electron chi connectivity index (χ3n) is 4.26. The molecule has 0 radical (unpaired) electrons. The van der Waals surface area contributed by atoms with Crippen molar-refractivity contribution in [2.24, 2.45) is 0 Å². The van der Waals surface area contributed by atoms with Crippen molar-refractivity contribution in [3.8, 4) is 5.75 Å². The van der Waals surface area contributed by atoms with Gasteiger partial charge in [-0.25, -0.2) is 0 Å². The molecule has 0 bridgehead atoms. The molecule has 0 atom stereocenters. The number of nitrogens with one attached hydrogen (secondary N) is 2. The van der Waals surface area contributed by atoms with Gasteiger partial charge in [0, 0.05) is 13.0 Å². The van der Waals surface area contributed by atoms with E-state index in [-0.39, 0.29) is 29.5 Å². The van der Waals surface area contributed by atoms with Gasteiger partial charge in [0.15, 0.2) is 0 Å². The molecule has 1 aliphatic rings. The Kier molecular flexibility index (Phi) is 7.67. The monoisotopic (exact) mass is 475 g/mol. The number of halogens is 1. The number of carbonyl (C=O) groups excluding carboxylic acids is 3. The van der Waals surface area contributed by atoms with Crippen molar-refractivity contribution in [3.05, 3.63) is 69.6 Å². The fourth-order valence-electron chi connectivity index (χ4n) is 2.69. The van der Waals surface area contributed by atoms with Gasteiger partial charge in [0.1, 0.15) is 10.1 Å². The molecule has 0 aromatic heterocycles.